The predicted octanol–water partition coefficient (Wildman–Crippen LogP) is 2.22. The lowest BCUT2D eigenvalue weighted by Crippen LogP contribution is -1.94. The molecule has 15 heavy (non-hydrogen) atoms. The number of aliphatic hydroxyl groups is 1. The second-order valence-corrected chi connectivity index (χ2v) is 5.36. The summed E-state index contributed by atoms with van der Waals surface area (Å²) in [6.07, 6.45) is 3.11. The molecular weight excluding hydrogens is 230 g/mol. The monoisotopic (exact) mass is 247 g/mol. The molecule has 1 heterocycles. The molecule has 2 N–H and O–H groups in total. The lowest BCUT2D eigenvalue weighted by molar-refractivity contribution is 0.284. The Labute approximate surface area is 98.5 Å². The van der Waals surface area contributed by atoms with Crippen LogP contribution in [0.15, 0.2) is 4.34 Å². The molecule has 1 aromatic heterocycles. The largest absolute Gasteiger partial charge is 0.396 e. The minimum absolute atomic E-state index is 0.300. The van der Waals surface area contributed by atoms with E-state index in [1.165, 1.54) is 0 Å². The molecule has 0 aliphatic carbocycles. The molecule has 1 aromatic rings. The van der Waals surface area contributed by atoms with Gasteiger partial charge in [0, 0.05) is 18.9 Å². The Bertz CT molecular complexity index is 268. The van der Waals surface area contributed by atoms with Crippen molar-refractivity contribution < 1.29 is 5.11 Å². The van der Waals surface area contributed by atoms with Crippen molar-refractivity contribution >= 4 is 28.2 Å². The fourth-order valence-electron chi connectivity index (χ4n) is 1.04. The van der Waals surface area contributed by atoms with Crippen molar-refractivity contribution in [1.82, 2.24) is 10.2 Å². The predicted molar refractivity (Wildman–Crippen MR) is 65.7 cm³/mol. The third-order valence-electron chi connectivity index (χ3n) is 1.76. The summed E-state index contributed by atoms with van der Waals surface area (Å²) in [4.78, 5) is 0. The van der Waals surface area contributed by atoms with Crippen molar-refractivity contribution in [2.24, 2.45) is 0 Å². The number of unbranched alkanes of at least 4 members (excludes halogenated alkanes) is 2. The Morgan fingerprint density at radius 2 is 2.20 bits per heavy atom. The quantitative estimate of drug-likeness (QED) is 0.545. The first kappa shape index (κ1) is 12.7. The van der Waals surface area contributed by atoms with E-state index in [0.29, 0.717) is 6.61 Å². The molecule has 0 saturated heterocycles. The van der Waals surface area contributed by atoms with E-state index in [2.05, 4.69) is 15.5 Å². The van der Waals surface area contributed by atoms with Crippen LogP contribution in [0.5, 0.6) is 0 Å². The standard InChI is InChI=1S/C9H17N3OS2/c1-2-10-8-11-12-9(15-8)14-7-5-3-4-6-13/h13H,2-7H2,1H3,(H,10,11). The van der Waals surface area contributed by atoms with Crippen LogP contribution in [0.3, 0.4) is 0 Å². The van der Waals surface area contributed by atoms with Crippen molar-refractivity contribution in [3.63, 3.8) is 0 Å². The van der Waals surface area contributed by atoms with E-state index >= 15 is 0 Å². The Hall–Kier alpha value is -0.330. The van der Waals surface area contributed by atoms with Gasteiger partial charge in [0.25, 0.3) is 0 Å². The molecule has 0 aliphatic rings. The molecule has 0 unspecified atom stereocenters. The van der Waals surface area contributed by atoms with Gasteiger partial charge in [0.15, 0.2) is 4.34 Å². The molecule has 6 heteroatoms. The van der Waals surface area contributed by atoms with Crippen molar-refractivity contribution in [2.45, 2.75) is 30.5 Å². The van der Waals surface area contributed by atoms with Gasteiger partial charge < -0.3 is 10.4 Å². The molecule has 0 fully saturated rings. The third-order valence-corrected chi connectivity index (χ3v) is 3.86. The molecular formula is C9H17N3OS2. The number of aliphatic hydroxyl groups excluding tert-OH is 1. The summed E-state index contributed by atoms with van der Waals surface area (Å²) < 4.78 is 1.02. The number of hydrogen-bond donors (Lipinski definition) is 2. The summed E-state index contributed by atoms with van der Waals surface area (Å²) in [5, 5.41) is 20.7. The summed E-state index contributed by atoms with van der Waals surface area (Å²) in [7, 11) is 0. The zero-order valence-electron chi connectivity index (χ0n) is 8.90. The van der Waals surface area contributed by atoms with Crippen molar-refractivity contribution in [1.29, 1.82) is 0 Å². The average Bonchev–Trinajstić information content (AvgIpc) is 2.66. The molecule has 1 rings (SSSR count). The van der Waals surface area contributed by atoms with E-state index in [1.54, 1.807) is 23.1 Å². The number of aromatic nitrogens is 2. The van der Waals surface area contributed by atoms with Crippen LogP contribution < -0.4 is 5.32 Å². The number of thioether (sulfide) groups is 1. The molecule has 0 aliphatic heterocycles. The third kappa shape index (κ3) is 5.34. The summed E-state index contributed by atoms with van der Waals surface area (Å²) in [6.45, 7) is 3.23. The molecule has 0 aromatic carbocycles. The fraction of sp³-hybridized carbons (Fsp3) is 0.778. The molecule has 4 nitrogen and oxygen atoms in total. The zero-order chi connectivity index (χ0) is 10.9. The van der Waals surface area contributed by atoms with E-state index in [0.717, 1.165) is 41.0 Å². The Kier molecular flexibility index (Phi) is 6.71. The van der Waals surface area contributed by atoms with E-state index < -0.39 is 0 Å². The highest BCUT2D eigenvalue weighted by Gasteiger charge is 2.02. The smallest absolute Gasteiger partial charge is 0.206 e. The number of nitrogens with zero attached hydrogens (tertiary/aromatic N) is 2. The summed E-state index contributed by atoms with van der Waals surface area (Å²) in [5.41, 5.74) is 0. The van der Waals surface area contributed by atoms with Gasteiger partial charge in [-0.1, -0.05) is 29.5 Å². The van der Waals surface area contributed by atoms with Gasteiger partial charge in [-0.2, -0.15) is 0 Å². The normalized spacial score (nSPS) is 10.5. The van der Waals surface area contributed by atoms with E-state index in [-0.39, 0.29) is 0 Å². The average molecular weight is 247 g/mol. The first-order valence-electron chi connectivity index (χ1n) is 5.18. The highest BCUT2D eigenvalue weighted by Crippen LogP contribution is 2.26. The van der Waals surface area contributed by atoms with E-state index in [4.69, 9.17) is 5.11 Å². The van der Waals surface area contributed by atoms with Crippen molar-refractivity contribution in [3.8, 4) is 0 Å². The Balaban J connectivity index is 2.14. The molecule has 0 atom stereocenters. The van der Waals surface area contributed by atoms with Crippen LogP contribution in [-0.4, -0.2) is 34.2 Å². The minimum atomic E-state index is 0.300. The Morgan fingerprint density at radius 3 is 2.93 bits per heavy atom. The first-order valence-corrected chi connectivity index (χ1v) is 6.98. The van der Waals surface area contributed by atoms with Crippen LogP contribution >= 0.6 is 23.1 Å². The highest BCUT2D eigenvalue weighted by atomic mass is 32.2. The van der Waals surface area contributed by atoms with Gasteiger partial charge in [-0.3, -0.25) is 0 Å². The van der Waals surface area contributed by atoms with Crippen LogP contribution in [0.25, 0.3) is 0 Å². The van der Waals surface area contributed by atoms with E-state index in [1.807, 2.05) is 6.92 Å². The van der Waals surface area contributed by atoms with Crippen LogP contribution in [0, 0.1) is 0 Å². The van der Waals surface area contributed by atoms with Gasteiger partial charge in [0.05, 0.1) is 0 Å². The molecule has 0 saturated carbocycles. The summed E-state index contributed by atoms with van der Waals surface area (Å²) in [5.74, 6) is 1.06. The van der Waals surface area contributed by atoms with Crippen LogP contribution in [0.1, 0.15) is 26.2 Å². The van der Waals surface area contributed by atoms with Gasteiger partial charge in [-0.25, -0.2) is 0 Å². The number of hydrogen-bond acceptors (Lipinski definition) is 6. The number of rotatable bonds is 8. The zero-order valence-corrected chi connectivity index (χ0v) is 10.5. The van der Waals surface area contributed by atoms with Gasteiger partial charge in [0.2, 0.25) is 5.13 Å². The fourth-order valence-corrected chi connectivity index (χ4v) is 2.93. The maximum absolute atomic E-state index is 8.61. The second-order valence-electron chi connectivity index (χ2n) is 3.04. The number of nitrogens with one attached hydrogen (secondary N) is 1. The van der Waals surface area contributed by atoms with Crippen molar-refractivity contribution in [3.05, 3.63) is 0 Å². The molecule has 0 amide bonds. The minimum Gasteiger partial charge on any atom is -0.396 e. The van der Waals surface area contributed by atoms with Gasteiger partial charge in [0.1, 0.15) is 0 Å². The topological polar surface area (TPSA) is 58.0 Å². The lowest BCUT2D eigenvalue weighted by Gasteiger charge is -1.96. The van der Waals surface area contributed by atoms with E-state index in [9.17, 15) is 0 Å². The lowest BCUT2D eigenvalue weighted by atomic mass is 10.3. The highest BCUT2D eigenvalue weighted by molar-refractivity contribution is 8.01. The Morgan fingerprint density at radius 1 is 1.33 bits per heavy atom. The van der Waals surface area contributed by atoms with Gasteiger partial charge >= 0.3 is 0 Å². The maximum Gasteiger partial charge on any atom is 0.206 e. The van der Waals surface area contributed by atoms with Gasteiger partial charge in [-0.15, -0.1) is 10.2 Å². The molecule has 0 radical (unpaired) electrons. The second kappa shape index (κ2) is 7.90. The number of anilines is 1. The van der Waals surface area contributed by atoms with Crippen LogP contribution in [0.2, 0.25) is 0 Å². The maximum atomic E-state index is 8.61. The summed E-state index contributed by atoms with van der Waals surface area (Å²) >= 11 is 3.34. The molecule has 0 bridgehead atoms. The van der Waals surface area contributed by atoms with Crippen molar-refractivity contribution in [2.75, 3.05) is 24.2 Å². The SMILES string of the molecule is CCNc1nnc(SCCCCCO)s1. The van der Waals surface area contributed by atoms with Crippen LogP contribution in [-0.2, 0) is 0 Å². The summed E-state index contributed by atoms with van der Waals surface area (Å²) in [6, 6.07) is 0. The molecule has 0 spiro atoms. The molecule has 86 valence electrons. The van der Waals surface area contributed by atoms with Crippen LogP contribution in [0.4, 0.5) is 5.13 Å². The first-order chi connectivity index (χ1) is 7.36. The van der Waals surface area contributed by atoms with Gasteiger partial charge in [-0.05, 0) is 19.8 Å².